The Morgan fingerprint density at radius 1 is 1.32 bits per heavy atom. The van der Waals surface area contributed by atoms with Gasteiger partial charge in [0, 0.05) is 6.42 Å². The van der Waals surface area contributed by atoms with Gasteiger partial charge in [-0.25, -0.2) is 14.6 Å². The molecule has 0 radical (unpaired) electrons. The molecular formula is C16H19F3N2O4. The molecule has 0 N–H and O–H groups in total. The summed E-state index contributed by atoms with van der Waals surface area (Å²) < 4.78 is 48.8. The molecule has 1 atom stereocenters. The third kappa shape index (κ3) is 4.21. The normalized spacial score (nSPS) is 17.2. The lowest BCUT2D eigenvalue weighted by atomic mass is 10.1. The topological polar surface area (TPSA) is 68.7 Å². The highest BCUT2D eigenvalue weighted by Crippen LogP contribution is 2.37. The van der Waals surface area contributed by atoms with Crippen molar-refractivity contribution in [1.82, 2.24) is 4.98 Å². The van der Waals surface area contributed by atoms with Crippen LogP contribution in [0.5, 0.6) is 0 Å². The lowest BCUT2D eigenvalue weighted by molar-refractivity contribution is -0.144. The summed E-state index contributed by atoms with van der Waals surface area (Å²) in [5.74, 6) is -0.710. The smallest absolute Gasteiger partial charge is 0.433 e. The van der Waals surface area contributed by atoms with Gasteiger partial charge < -0.3 is 9.47 Å². The molecule has 0 saturated carbocycles. The van der Waals surface area contributed by atoms with Gasteiger partial charge in [0.05, 0.1) is 18.5 Å². The molecule has 1 aromatic rings. The van der Waals surface area contributed by atoms with Gasteiger partial charge in [-0.1, -0.05) is 0 Å². The number of hydrogen-bond donors (Lipinski definition) is 0. The van der Waals surface area contributed by atoms with Gasteiger partial charge in [0.2, 0.25) is 0 Å². The van der Waals surface area contributed by atoms with Crippen LogP contribution in [0.25, 0.3) is 0 Å². The van der Waals surface area contributed by atoms with Crippen molar-refractivity contribution in [1.29, 1.82) is 0 Å². The maximum absolute atomic E-state index is 12.9. The molecule has 1 amide bonds. The van der Waals surface area contributed by atoms with Gasteiger partial charge in [0.15, 0.2) is 0 Å². The second-order valence-electron chi connectivity index (χ2n) is 6.52. The van der Waals surface area contributed by atoms with E-state index in [4.69, 9.17) is 9.47 Å². The minimum atomic E-state index is -4.62. The van der Waals surface area contributed by atoms with E-state index in [0.717, 1.165) is 17.2 Å². The predicted octanol–water partition coefficient (Wildman–Crippen LogP) is 3.33. The number of aromatic nitrogens is 1. The Morgan fingerprint density at radius 3 is 2.48 bits per heavy atom. The van der Waals surface area contributed by atoms with E-state index >= 15 is 0 Å². The van der Waals surface area contributed by atoms with E-state index in [1.165, 1.54) is 0 Å². The number of halogens is 3. The number of nitrogens with zero attached hydrogens (tertiary/aromatic N) is 2. The minimum Gasteiger partial charge on any atom is -0.464 e. The first-order valence-electron chi connectivity index (χ1n) is 7.69. The number of amides is 1. The lowest BCUT2D eigenvalue weighted by Gasteiger charge is -2.28. The monoisotopic (exact) mass is 360 g/mol. The van der Waals surface area contributed by atoms with Crippen LogP contribution in [0, 0.1) is 0 Å². The summed E-state index contributed by atoms with van der Waals surface area (Å²) in [6.07, 6.45) is -4.63. The molecule has 0 saturated heterocycles. The van der Waals surface area contributed by atoms with Gasteiger partial charge in [-0.15, -0.1) is 0 Å². The quantitative estimate of drug-likeness (QED) is 0.757. The molecule has 1 aromatic heterocycles. The van der Waals surface area contributed by atoms with Crippen molar-refractivity contribution in [3.8, 4) is 0 Å². The van der Waals surface area contributed by atoms with E-state index in [2.05, 4.69) is 4.98 Å². The van der Waals surface area contributed by atoms with Crippen molar-refractivity contribution in [2.45, 2.75) is 51.9 Å². The Bertz CT molecular complexity index is 683. The van der Waals surface area contributed by atoms with Crippen LogP contribution < -0.4 is 4.90 Å². The second kappa shape index (κ2) is 6.53. The van der Waals surface area contributed by atoms with Crippen molar-refractivity contribution in [3.63, 3.8) is 0 Å². The molecule has 9 heteroatoms. The number of ether oxygens (including phenoxy) is 2. The highest BCUT2D eigenvalue weighted by molar-refractivity contribution is 5.99. The molecule has 1 unspecified atom stereocenters. The second-order valence-corrected chi connectivity index (χ2v) is 6.52. The summed E-state index contributed by atoms with van der Waals surface area (Å²) in [5.41, 5.74) is -1.62. The number of carbonyl (C=O) groups is 2. The number of hydrogen-bond acceptors (Lipinski definition) is 5. The summed E-state index contributed by atoms with van der Waals surface area (Å²) >= 11 is 0. The Morgan fingerprint density at radius 2 is 1.96 bits per heavy atom. The third-order valence-corrected chi connectivity index (χ3v) is 3.39. The molecule has 2 heterocycles. The first-order chi connectivity index (χ1) is 11.4. The molecule has 0 aromatic carbocycles. The Balaban J connectivity index is 2.42. The number of fused-ring (bicyclic) bond motifs is 1. The Kier molecular flexibility index (Phi) is 4.97. The summed E-state index contributed by atoms with van der Waals surface area (Å²) in [4.78, 5) is 29.0. The van der Waals surface area contributed by atoms with Gasteiger partial charge in [0.1, 0.15) is 17.3 Å². The fourth-order valence-electron chi connectivity index (χ4n) is 2.46. The first kappa shape index (κ1) is 19.0. The highest BCUT2D eigenvalue weighted by Gasteiger charge is 2.43. The van der Waals surface area contributed by atoms with Crippen molar-refractivity contribution >= 4 is 17.7 Å². The first-order valence-corrected chi connectivity index (χ1v) is 7.69. The largest absolute Gasteiger partial charge is 0.464 e. The number of anilines is 1. The van der Waals surface area contributed by atoms with Gasteiger partial charge >= 0.3 is 18.2 Å². The van der Waals surface area contributed by atoms with E-state index in [-0.39, 0.29) is 24.3 Å². The fraction of sp³-hybridized carbons (Fsp3) is 0.562. The van der Waals surface area contributed by atoms with Gasteiger partial charge in [-0.2, -0.15) is 13.2 Å². The van der Waals surface area contributed by atoms with Crippen LogP contribution in [0.3, 0.4) is 0 Å². The van der Waals surface area contributed by atoms with Crippen LogP contribution in [0.15, 0.2) is 12.3 Å². The van der Waals surface area contributed by atoms with Gasteiger partial charge in [-0.05, 0) is 39.3 Å². The molecule has 0 fully saturated rings. The van der Waals surface area contributed by atoms with E-state index in [1.807, 2.05) is 0 Å². The van der Waals surface area contributed by atoms with Crippen LogP contribution in [0.4, 0.5) is 23.7 Å². The Hall–Kier alpha value is -2.32. The standard InChI is InChI=1S/C16H19F3N2O4/c1-5-24-13(22)10-6-9-7-12(16(17,18)19)20-8-11(9)21(10)14(23)25-15(2,3)4/h7-8,10H,5-6H2,1-4H3. The minimum absolute atomic E-state index is 0.0832. The highest BCUT2D eigenvalue weighted by atomic mass is 19.4. The average molecular weight is 360 g/mol. The number of esters is 1. The van der Waals surface area contributed by atoms with Crippen LogP contribution in [-0.2, 0) is 26.9 Å². The molecule has 0 bridgehead atoms. The average Bonchev–Trinajstić information content (AvgIpc) is 2.83. The zero-order valence-electron chi connectivity index (χ0n) is 14.3. The molecular weight excluding hydrogens is 341 g/mol. The molecule has 0 aliphatic carbocycles. The summed E-state index contributed by atoms with van der Waals surface area (Å²) in [6.45, 7) is 6.62. The van der Waals surface area contributed by atoms with Crippen LogP contribution >= 0.6 is 0 Å². The molecule has 138 valence electrons. The summed E-state index contributed by atoms with van der Waals surface area (Å²) in [5, 5.41) is 0. The van der Waals surface area contributed by atoms with Crippen molar-refractivity contribution in [3.05, 3.63) is 23.5 Å². The zero-order chi connectivity index (χ0) is 19.0. The van der Waals surface area contributed by atoms with Crippen LogP contribution in [0.1, 0.15) is 39.0 Å². The molecule has 25 heavy (non-hydrogen) atoms. The number of pyridine rings is 1. The molecule has 2 rings (SSSR count). The summed E-state index contributed by atoms with van der Waals surface area (Å²) in [7, 11) is 0. The molecule has 1 aliphatic rings. The molecule has 6 nitrogen and oxygen atoms in total. The number of carbonyl (C=O) groups excluding carboxylic acids is 2. The van der Waals surface area contributed by atoms with E-state index in [0.29, 0.717) is 0 Å². The third-order valence-electron chi connectivity index (χ3n) is 3.39. The van der Waals surface area contributed by atoms with E-state index < -0.39 is 35.6 Å². The number of alkyl halides is 3. The molecule has 0 spiro atoms. The van der Waals surface area contributed by atoms with Crippen molar-refractivity contribution in [2.24, 2.45) is 0 Å². The van der Waals surface area contributed by atoms with Crippen LogP contribution in [0.2, 0.25) is 0 Å². The van der Waals surface area contributed by atoms with Crippen molar-refractivity contribution < 1.29 is 32.2 Å². The van der Waals surface area contributed by atoms with Crippen LogP contribution in [-0.4, -0.2) is 35.3 Å². The SMILES string of the molecule is CCOC(=O)C1Cc2cc(C(F)(F)F)ncc2N1C(=O)OC(C)(C)C. The Labute approximate surface area is 142 Å². The predicted molar refractivity (Wildman–Crippen MR) is 82.1 cm³/mol. The van der Waals surface area contributed by atoms with Crippen molar-refractivity contribution in [2.75, 3.05) is 11.5 Å². The maximum atomic E-state index is 12.9. The molecule has 1 aliphatic heterocycles. The maximum Gasteiger partial charge on any atom is 0.433 e. The van der Waals surface area contributed by atoms with Gasteiger partial charge in [0.25, 0.3) is 0 Å². The van der Waals surface area contributed by atoms with Gasteiger partial charge in [-0.3, -0.25) is 4.90 Å². The number of rotatable bonds is 2. The van der Waals surface area contributed by atoms with E-state index in [9.17, 15) is 22.8 Å². The van der Waals surface area contributed by atoms with E-state index in [1.54, 1.807) is 27.7 Å². The fourth-order valence-corrected chi connectivity index (χ4v) is 2.46. The zero-order valence-corrected chi connectivity index (χ0v) is 14.3. The lowest BCUT2D eigenvalue weighted by Crippen LogP contribution is -2.46. The summed E-state index contributed by atoms with van der Waals surface area (Å²) in [6, 6.07) is -0.249.